The average molecular weight is 1580 g/mol. The fourth-order valence-electron chi connectivity index (χ4n) is 12.3. The molecule has 0 radical (unpaired) electrons. The highest BCUT2D eigenvalue weighted by atomic mass is 32.1. The summed E-state index contributed by atoms with van der Waals surface area (Å²) in [5, 5.41) is 36.8. The van der Waals surface area contributed by atoms with Gasteiger partial charge in [0.15, 0.2) is 23.2 Å². The number of benzene rings is 6. The summed E-state index contributed by atoms with van der Waals surface area (Å²) in [5.41, 5.74) is 7.64. The van der Waals surface area contributed by atoms with Gasteiger partial charge in [-0.05, 0) is 140 Å². The molecule has 10 aromatic heterocycles. The van der Waals surface area contributed by atoms with Crippen LogP contribution in [0.25, 0.3) is 76.7 Å². The van der Waals surface area contributed by atoms with Crippen molar-refractivity contribution in [2.24, 2.45) is 0 Å². The molecule has 10 heterocycles. The van der Waals surface area contributed by atoms with Gasteiger partial charge < -0.3 is 9.88 Å². The number of carbonyl (C=O) groups excluding carboxylic acids is 4. The van der Waals surface area contributed by atoms with Crippen LogP contribution in [0.4, 0.5) is 28.5 Å². The van der Waals surface area contributed by atoms with Gasteiger partial charge in [-0.1, -0.05) is 89.0 Å². The number of thiazole rings is 1. The number of aryl methyl sites for hydroxylation is 10. The number of hydrogen-bond acceptors (Lipinski definition) is 18. The molecule has 20 nitrogen and oxygen atoms in total. The number of nitrogens with one attached hydrogen (secondary N) is 2. The van der Waals surface area contributed by atoms with Crippen molar-refractivity contribution >= 4 is 145 Å². The van der Waals surface area contributed by atoms with Crippen LogP contribution in [0.5, 0.6) is 0 Å². The Balaban J connectivity index is 0.000000131. The van der Waals surface area contributed by atoms with E-state index in [1.165, 1.54) is 99.7 Å². The normalized spacial score (nSPS) is 11.2. The number of Topliss-reactive ketones (excluding diaryl/α,β-unsaturated/α-hetero) is 1. The highest BCUT2D eigenvalue weighted by Gasteiger charge is 2.27. The maximum Gasteiger partial charge on any atom is 0.280 e. The molecule has 560 valence electrons. The van der Waals surface area contributed by atoms with Crippen LogP contribution in [0.15, 0.2) is 198 Å². The molecule has 2 amide bonds. The molecule has 0 bridgehead atoms. The highest BCUT2D eigenvalue weighted by molar-refractivity contribution is 7.14. The summed E-state index contributed by atoms with van der Waals surface area (Å²) in [7, 11) is 0. The summed E-state index contributed by atoms with van der Waals surface area (Å²) in [6.07, 6.45) is 0.205. The lowest BCUT2D eigenvalue weighted by Gasteiger charge is -2.12. The summed E-state index contributed by atoms with van der Waals surface area (Å²) < 4.78 is 58.5. The Kier molecular flexibility index (Phi) is 22.9. The molecule has 16 rings (SSSR count). The molecular weight excluding hydrogens is 1510 g/mol. The molecule has 0 saturated carbocycles. The number of alkyl halides is 3. The molecule has 111 heavy (non-hydrogen) atoms. The zero-order valence-electron chi connectivity index (χ0n) is 60.6. The van der Waals surface area contributed by atoms with Crippen LogP contribution >= 0.6 is 56.7 Å². The van der Waals surface area contributed by atoms with Crippen molar-refractivity contribution in [2.75, 3.05) is 30.7 Å². The van der Waals surface area contributed by atoms with Crippen molar-refractivity contribution in [1.29, 1.82) is 0 Å². The van der Waals surface area contributed by atoms with Gasteiger partial charge in [-0.25, -0.2) is 18.2 Å². The van der Waals surface area contributed by atoms with E-state index in [-0.39, 0.29) is 63.8 Å². The van der Waals surface area contributed by atoms with Crippen molar-refractivity contribution in [3.63, 3.8) is 0 Å². The Labute approximate surface area is 649 Å². The van der Waals surface area contributed by atoms with E-state index in [1.54, 1.807) is 86.9 Å². The van der Waals surface area contributed by atoms with Gasteiger partial charge >= 0.3 is 0 Å². The zero-order valence-corrected chi connectivity index (χ0v) is 64.7. The molecule has 0 fully saturated rings. The number of halogens is 4. The number of ketones is 2. The number of aromatic nitrogens is 10. The molecule has 0 aliphatic heterocycles. The smallest absolute Gasteiger partial charge is 0.280 e. The number of anilines is 2. The standard InChI is InChI=1S/C25H21FN4O2S.C21H15FN2O2S.C20H17FN4O2S2.C16H13FN2O2S/c1-15-7-9-18(10-8-15)30-25(32)22-16(2)33-14-19(22)23(28-30)24(31)27-21-13-17-5-3-4-6-20(17)29(21)12-11-26;1-12-3-9-16(10-4-12)24-21(26)18-13(2)27-11-17(18)19(23-24)20(25)14-5-7-15(22)8-6-14;1-11-3-5-14(6-4-11)25-19(27)16-12(2)28-10-15(16)17(24-25)18(26)23-20-22-13(7-8-21)9-29-20;1-9-3-5-11(6-4-9)19-16(21)14-10(2)22-8-12(14)15(18-19)13(20)7-17/h3-10,13-14H,11-12H2,1-2H3,(H,27,31);3-11H,1-2H3;3-6,9-10H,7-8H2,1-2H3,(H,22,23,26);3-6,8H,7H2,1-2H3/i26-1;22-1;21-1;17-1. The minimum atomic E-state index is -1.14. The van der Waals surface area contributed by atoms with Crippen molar-refractivity contribution in [3.8, 4) is 22.7 Å². The van der Waals surface area contributed by atoms with E-state index in [0.717, 1.165) is 52.7 Å². The number of hydrogen-bond donors (Lipinski definition) is 2. The van der Waals surface area contributed by atoms with Crippen LogP contribution in [0.1, 0.15) is 95.0 Å². The number of nitrogens with zero attached hydrogens (tertiary/aromatic N) is 10. The van der Waals surface area contributed by atoms with E-state index < -0.39 is 43.4 Å². The van der Waals surface area contributed by atoms with E-state index in [9.17, 15) is 55.9 Å². The molecule has 0 aliphatic rings. The maximum atomic E-state index is 13.4. The third kappa shape index (κ3) is 15.9. The molecule has 0 aliphatic carbocycles. The van der Waals surface area contributed by atoms with Gasteiger partial charge in [0.25, 0.3) is 34.1 Å². The van der Waals surface area contributed by atoms with Gasteiger partial charge in [0.1, 0.15) is 29.7 Å². The van der Waals surface area contributed by atoms with Crippen LogP contribution in [0, 0.1) is 61.2 Å². The number of para-hydroxylation sites is 1. The highest BCUT2D eigenvalue weighted by Crippen LogP contribution is 2.32. The lowest BCUT2D eigenvalue weighted by molar-refractivity contribution is 0.0952. The largest absolute Gasteiger partial charge is 0.325 e. The fraction of sp³-hybridized carbons (Fsp3) is 0.159. The lowest BCUT2D eigenvalue weighted by Crippen LogP contribution is -2.26. The second-order valence-electron chi connectivity index (χ2n) is 25.7. The predicted molar refractivity (Wildman–Crippen MR) is 435 cm³/mol. The first kappa shape index (κ1) is 77.0. The lowest BCUT2D eigenvalue weighted by atomic mass is 10.0. The molecule has 29 heteroatoms. The van der Waals surface area contributed by atoms with Crippen LogP contribution in [0.3, 0.4) is 0 Å². The third-order valence-electron chi connectivity index (χ3n) is 18.1. The van der Waals surface area contributed by atoms with Gasteiger partial charge in [-0.2, -0.15) is 39.1 Å². The first-order chi connectivity index (χ1) is 53.4. The Bertz CT molecular complexity index is 6530. The van der Waals surface area contributed by atoms with Crippen LogP contribution in [0.2, 0.25) is 0 Å². The molecule has 16 aromatic rings. The number of thiophene rings is 4. The Morgan fingerprint density at radius 2 is 0.802 bits per heavy atom. The summed E-state index contributed by atoms with van der Waals surface area (Å²) in [6, 6.07) is 44.0. The maximum absolute atomic E-state index is 13.4. The zero-order chi connectivity index (χ0) is 78.6. The van der Waals surface area contributed by atoms with E-state index >= 15 is 0 Å². The van der Waals surface area contributed by atoms with Gasteiger partial charge in [0.2, 0.25) is 11.6 Å². The summed E-state index contributed by atoms with van der Waals surface area (Å²) >= 11 is 6.78. The Morgan fingerprint density at radius 1 is 0.423 bits per heavy atom. The van der Waals surface area contributed by atoms with Gasteiger partial charge in [0, 0.05) is 90.8 Å². The molecule has 0 saturated heterocycles. The first-order valence-corrected chi connectivity index (χ1v) is 38.8. The summed E-state index contributed by atoms with van der Waals surface area (Å²) in [5.74, 6) is -1.92. The predicted octanol–water partition coefficient (Wildman–Crippen LogP) is 17.2. The van der Waals surface area contributed by atoms with Crippen LogP contribution in [-0.2, 0) is 13.0 Å². The second-order valence-corrected chi connectivity index (χ2v) is 30.9. The summed E-state index contributed by atoms with van der Waals surface area (Å²) in [4.78, 5) is 111. The van der Waals surface area contributed by atoms with Crippen LogP contribution in [-0.4, -0.2) is 92.1 Å². The summed E-state index contributed by atoms with van der Waals surface area (Å²) in [6.45, 7) is 13.1. The number of rotatable bonds is 16. The van der Waals surface area contributed by atoms with E-state index in [1.807, 2.05) is 127 Å². The third-order valence-corrected chi connectivity index (χ3v) is 22.5. The van der Waals surface area contributed by atoms with Gasteiger partial charge in [-0.3, -0.25) is 48.1 Å². The minimum absolute atomic E-state index is 0.00187. The molecular formula is C82H66F4N12O8S5. The van der Waals surface area contributed by atoms with E-state index in [2.05, 4.69) is 36.0 Å². The van der Waals surface area contributed by atoms with Gasteiger partial charge in [0.05, 0.1) is 63.2 Å². The van der Waals surface area contributed by atoms with Crippen molar-refractivity contribution in [3.05, 3.63) is 302 Å². The second kappa shape index (κ2) is 33.0. The fourth-order valence-corrected chi connectivity index (χ4v) is 16.4. The molecule has 0 atom stereocenters. The van der Waals surface area contributed by atoms with Crippen molar-refractivity contribution in [1.82, 2.24) is 48.7 Å². The number of amides is 2. The SMILES string of the molecule is Cc1ccc(-n2nc(C(=O)C[18F])c3csc(C)c3c2=O)cc1.Cc1ccc(-n2nc(C(=O)Nc3cc4ccccc4n3CC[18F])c3csc(C)c3c2=O)cc1.Cc1ccc(-n2nc(C(=O)Nc3nc(CC[18F])cs3)c3csc(C)c3c2=O)cc1.Cc1ccc(-n2nc(C(=O)c3ccc([18F])cc3)c3csc(C)c3c2=O)cc1. The Hall–Kier alpha value is -12.2. The molecule has 0 spiro atoms. The monoisotopic (exact) mass is 1580 g/mol. The quantitative estimate of drug-likeness (QED) is 0.0675. The molecule has 2 N–H and O–H groups in total. The van der Waals surface area contributed by atoms with Crippen molar-refractivity contribution < 1.29 is 36.7 Å². The topological polar surface area (TPSA) is 250 Å². The van der Waals surface area contributed by atoms with Gasteiger partial charge in [-0.15, -0.1) is 56.7 Å². The Morgan fingerprint density at radius 3 is 1.21 bits per heavy atom. The van der Waals surface area contributed by atoms with Crippen LogP contribution < -0.4 is 32.9 Å². The number of fused-ring (bicyclic) bond motifs is 5. The number of carbonyl (C=O) groups is 4. The molecule has 6 aromatic carbocycles. The van der Waals surface area contributed by atoms with E-state index in [0.29, 0.717) is 88.0 Å². The first-order valence-electron chi connectivity index (χ1n) is 34.4. The minimum Gasteiger partial charge on any atom is -0.325 e. The van der Waals surface area contributed by atoms with E-state index in [4.69, 9.17) is 0 Å². The van der Waals surface area contributed by atoms with Crippen molar-refractivity contribution in [2.45, 2.75) is 68.4 Å². The average Bonchev–Trinajstić information content (AvgIpc) is 1.42. The molecule has 0 unspecified atom stereocenters.